The van der Waals surface area contributed by atoms with Crippen molar-refractivity contribution in [1.29, 1.82) is 0 Å². The number of rotatable bonds is 11. The molecular formula is C28H30Cl3N3O4S. The fourth-order valence-electron chi connectivity index (χ4n) is 3.78. The molecule has 0 saturated heterocycles. The minimum absolute atomic E-state index is 0.0178. The number of nitrogens with one attached hydrogen (secondary N) is 1. The zero-order valence-electron chi connectivity index (χ0n) is 21.8. The number of amides is 2. The van der Waals surface area contributed by atoms with Crippen LogP contribution in [-0.4, -0.2) is 43.8 Å². The molecule has 208 valence electrons. The summed E-state index contributed by atoms with van der Waals surface area (Å²) >= 11 is 19.0. The Morgan fingerprint density at radius 3 is 2.13 bits per heavy atom. The maximum Gasteiger partial charge on any atom is 0.264 e. The first-order chi connectivity index (χ1) is 18.5. The maximum absolute atomic E-state index is 13.9. The number of anilines is 1. The highest BCUT2D eigenvalue weighted by atomic mass is 35.5. The first kappa shape index (κ1) is 30.8. The Morgan fingerprint density at radius 1 is 0.872 bits per heavy atom. The van der Waals surface area contributed by atoms with E-state index in [1.165, 1.54) is 29.2 Å². The summed E-state index contributed by atoms with van der Waals surface area (Å²) in [4.78, 5) is 28.3. The van der Waals surface area contributed by atoms with Gasteiger partial charge in [0.05, 0.1) is 20.6 Å². The number of halogens is 3. The second kappa shape index (κ2) is 13.5. The SMILES string of the molecule is CC[C@@H](C)NC(=O)[C@H](C)N(Cc1ccccc1Cl)C(=O)CN(c1cccc(Cl)c1Cl)S(=O)(=O)c1ccccc1. The van der Waals surface area contributed by atoms with Gasteiger partial charge >= 0.3 is 0 Å². The van der Waals surface area contributed by atoms with Gasteiger partial charge < -0.3 is 10.2 Å². The Morgan fingerprint density at radius 2 is 1.49 bits per heavy atom. The fraction of sp³-hybridized carbons (Fsp3) is 0.286. The van der Waals surface area contributed by atoms with Gasteiger partial charge in [0.1, 0.15) is 12.6 Å². The molecule has 3 aromatic carbocycles. The highest BCUT2D eigenvalue weighted by Crippen LogP contribution is 2.35. The molecule has 2 amide bonds. The quantitative estimate of drug-likeness (QED) is 0.281. The molecule has 1 N–H and O–H groups in total. The van der Waals surface area contributed by atoms with Crippen molar-refractivity contribution in [2.75, 3.05) is 10.8 Å². The lowest BCUT2D eigenvalue weighted by Crippen LogP contribution is -2.52. The number of carbonyl (C=O) groups excluding carboxylic acids is 2. The Labute approximate surface area is 244 Å². The molecular weight excluding hydrogens is 581 g/mol. The minimum Gasteiger partial charge on any atom is -0.352 e. The molecule has 11 heteroatoms. The van der Waals surface area contributed by atoms with Crippen molar-refractivity contribution in [3.05, 3.63) is 93.4 Å². The molecule has 0 heterocycles. The Bertz CT molecular complexity index is 1420. The van der Waals surface area contributed by atoms with Crippen LogP contribution in [0, 0.1) is 0 Å². The first-order valence-corrected chi connectivity index (χ1v) is 14.9. The maximum atomic E-state index is 13.9. The van der Waals surface area contributed by atoms with Crippen molar-refractivity contribution in [1.82, 2.24) is 10.2 Å². The average Bonchev–Trinajstić information content (AvgIpc) is 2.92. The smallest absolute Gasteiger partial charge is 0.264 e. The molecule has 0 aromatic heterocycles. The van der Waals surface area contributed by atoms with E-state index in [9.17, 15) is 18.0 Å². The van der Waals surface area contributed by atoms with E-state index in [4.69, 9.17) is 34.8 Å². The third-order valence-electron chi connectivity index (χ3n) is 6.28. The van der Waals surface area contributed by atoms with Gasteiger partial charge in [-0.2, -0.15) is 0 Å². The Balaban J connectivity index is 2.07. The van der Waals surface area contributed by atoms with Crippen LogP contribution >= 0.6 is 34.8 Å². The second-order valence-corrected chi connectivity index (χ2v) is 12.1. The third kappa shape index (κ3) is 7.45. The van der Waals surface area contributed by atoms with Crippen LogP contribution in [-0.2, 0) is 26.2 Å². The van der Waals surface area contributed by atoms with Gasteiger partial charge in [0.2, 0.25) is 11.8 Å². The van der Waals surface area contributed by atoms with E-state index in [0.29, 0.717) is 17.0 Å². The molecule has 0 fully saturated rings. The van der Waals surface area contributed by atoms with Crippen molar-refractivity contribution >= 4 is 62.3 Å². The lowest BCUT2D eigenvalue weighted by atomic mass is 10.1. The summed E-state index contributed by atoms with van der Waals surface area (Å²) in [6.45, 7) is 4.73. The van der Waals surface area contributed by atoms with Crippen molar-refractivity contribution < 1.29 is 18.0 Å². The molecule has 0 radical (unpaired) electrons. The summed E-state index contributed by atoms with van der Waals surface area (Å²) in [5.41, 5.74) is 0.643. The van der Waals surface area contributed by atoms with E-state index in [0.717, 1.165) is 4.31 Å². The van der Waals surface area contributed by atoms with E-state index in [-0.39, 0.29) is 39.1 Å². The van der Waals surface area contributed by atoms with Gasteiger partial charge in [0.25, 0.3) is 10.0 Å². The molecule has 0 unspecified atom stereocenters. The second-order valence-electron chi connectivity index (χ2n) is 9.00. The number of hydrogen-bond donors (Lipinski definition) is 1. The largest absolute Gasteiger partial charge is 0.352 e. The average molecular weight is 611 g/mol. The van der Waals surface area contributed by atoms with Crippen molar-refractivity contribution in [3.8, 4) is 0 Å². The molecule has 0 aliphatic carbocycles. The van der Waals surface area contributed by atoms with E-state index in [2.05, 4.69) is 5.32 Å². The van der Waals surface area contributed by atoms with Crippen LogP contribution in [0.3, 0.4) is 0 Å². The number of carbonyl (C=O) groups is 2. The van der Waals surface area contributed by atoms with Crippen LogP contribution in [0.4, 0.5) is 5.69 Å². The summed E-state index contributed by atoms with van der Waals surface area (Å²) in [6, 6.07) is 18.1. The van der Waals surface area contributed by atoms with Gasteiger partial charge in [-0.05, 0) is 56.2 Å². The summed E-state index contributed by atoms with van der Waals surface area (Å²) < 4.78 is 28.5. The standard InChI is InChI=1S/C28H30Cl3N3O4S/c1-4-19(2)32-28(36)20(3)33(17-21-11-8-9-14-23(21)29)26(35)18-34(25-16-10-15-24(30)27(25)31)39(37,38)22-12-6-5-7-13-22/h5-16,19-20H,4,17-18H2,1-3H3,(H,32,36)/t19-,20+/m1/s1. The van der Waals surface area contributed by atoms with E-state index in [1.807, 2.05) is 13.8 Å². The van der Waals surface area contributed by atoms with E-state index < -0.39 is 28.5 Å². The molecule has 0 spiro atoms. The lowest BCUT2D eigenvalue weighted by Gasteiger charge is -2.33. The number of benzene rings is 3. The van der Waals surface area contributed by atoms with Crippen molar-refractivity contribution in [2.24, 2.45) is 0 Å². The number of hydrogen-bond acceptors (Lipinski definition) is 4. The summed E-state index contributed by atoms with van der Waals surface area (Å²) in [5.74, 6) is -1.000. The van der Waals surface area contributed by atoms with Gasteiger partial charge in [-0.1, -0.05) is 84.2 Å². The lowest BCUT2D eigenvalue weighted by molar-refractivity contribution is -0.139. The topological polar surface area (TPSA) is 86.8 Å². The van der Waals surface area contributed by atoms with Crippen LogP contribution < -0.4 is 9.62 Å². The normalized spacial score (nSPS) is 12.9. The molecule has 2 atom stereocenters. The summed E-state index contributed by atoms with van der Waals surface area (Å²) in [7, 11) is -4.26. The molecule has 3 aromatic rings. The zero-order chi connectivity index (χ0) is 28.7. The van der Waals surface area contributed by atoms with Crippen LogP contribution in [0.1, 0.15) is 32.8 Å². The van der Waals surface area contributed by atoms with Crippen molar-refractivity contribution in [3.63, 3.8) is 0 Å². The molecule has 0 aliphatic rings. The predicted octanol–water partition coefficient (Wildman–Crippen LogP) is 6.17. The molecule has 0 aliphatic heterocycles. The zero-order valence-corrected chi connectivity index (χ0v) is 24.9. The first-order valence-electron chi connectivity index (χ1n) is 12.3. The van der Waals surface area contributed by atoms with Crippen LogP contribution in [0.2, 0.25) is 15.1 Å². The monoisotopic (exact) mass is 609 g/mol. The van der Waals surface area contributed by atoms with Crippen molar-refractivity contribution in [2.45, 2.75) is 50.7 Å². The minimum atomic E-state index is -4.26. The van der Waals surface area contributed by atoms with Gasteiger partial charge in [0.15, 0.2) is 0 Å². The Kier molecular flexibility index (Phi) is 10.7. The molecule has 39 heavy (non-hydrogen) atoms. The van der Waals surface area contributed by atoms with Gasteiger partial charge in [-0.25, -0.2) is 8.42 Å². The van der Waals surface area contributed by atoms with E-state index in [1.54, 1.807) is 55.5 Å². The molecule has 3 rings (SSSR count). The van der Waals surface area contributed by atoms with Crippen LogP contribution in [0.5, 0.6) is 0 Å². The third-order valence-corrected chi connectivity index (χ3v) is 9.23. The highest BCUT2D eigenvalue weighted by molar-refractivity contribution is 7.92. The fourth-order valence-corrected chi connectivity index (χ4v) is 5.87. The van der Waals surface area contributed by atoms with Gasteiger partial charge in [-0.15, -0.1) is 0 Å². The Hall–Kier alpha value is -2.78. The highest BCUT2D eigenvalue weighted by Gasteiger charge is 2.34. The number of nitrogens with zero attached hydrogens (tertiary/aromatic N) is 2. The van der Waals surface area contributed by atoms with Crippen LogP contribution in [0.25, 0.3) is 0 Å². The predicted molar refractivity (Wildman–Crippen MR) is 157 cm³/mol. The summed E-state index contributed by atoms with van der Waals surface area (Å²) in [5, 5.41) is 3.41. The number of sulfonamides is 1. The molecule has 0 saturated carbocycles. The van der Waals surface area contributed by atoms with Gasteiger partial charge in [0, 0.05) is 17.6 Å². The van der Waals surface area contributed by atoms with Gasteiger partial charge in [-0.3, -0.25) is 13.9 Å². The van der Waals surface area contributed by atoms with E-state index >= 15 is 0 Å². The summed E-state index contributed by atoms with van der Waals surface area (Å²) in [6.07, 6.45) is 0.702. The molecule has 0 bridgehead atoms. The molecule has 7 nitrogen and oxygen atoms in total. The van der Waals surface area contributed by atoms with Crippen LogP contribution in [0.15, 0.2) is 77.7 Å².